The number of carboxylic acid groups (broad SMARTS) is 1. The van der Waals surface area contributed by atoms with Gasteiger partial charge in [0.15, 0.2) is 0 Å². The average molecular weight is 316 g/mol. The van der Waals surface area contributed by atoms with Crippen LogP contribution in [0.15, 0.2) is 0 Å². The van der Waals surface area contributed by atoms with E-state index in [1.165, 1.54) is 4.90 Å². The van der Waals surface area contributed by atoms with Gasteiger partial charge in [-0.3, -0.25) is 4.90 Å². The summed E-state index contributed by atoms with van der Waals surface area (Å²) in [6.07, 6.45) is 1.90. The quantitative estimate of drug-likeness (QED) is 0.824. The van der Waals surface area contributed by atoms with Crippen LogP contribution in [0.3, 0.4) is 0 Å². The number of carbonyl (C=O) groups is 2. The highest BCUT2D eigenvalue weighted by molar-refractivity contribution is 8.00. The molecule has 2 saturated heterocycles. The molecule has 2 fully saturated rings. The second kappa shape index (κ2) is 7.35. The maximum Gasteiger partial charge on any atom is 0.327 e. The zero-order valence-electron chi connectivity index (χ0n) is 12.6. The lowest BCUT2D eigenvalue weighted by Crippen LogP contribution is -2.52. The van der Waals surface area contributed by atoms with Crippen LogP contribution >= 0.6 is 11.8 Å². The van der Waals surface area contributed by atoms with E-state index in [4.69, 9.17) is 4.74 Å². The lowest BCUT2D eigenvalue weighted by atomic mass is 10.0. The van der Waals surface area contributed by atoms with Crippen molar-refractivity contribution >= 4 is 23.8 Å². The third-order valence-electron chi connectivity index (χ3n) is 4.01. The minimum Gasteiger partial charge on any atom is -0.480 e. The number of rotatable bonds is 4. The summed E-state index contributed by atoms with van der Waals surface area (Å²) in [7, 11) is 0. The molecular weight excluding hydrogens is 292 g/mol. The number of hydrogen-bond acceptors (Lipinski definition) is 4. The molecule has 0 aromatic heterocycles. The van der Waals surface area contributed by atoms with Gasteiger partial charge in [-0.2, -0.15) is 0 Å². The Hall–Kier alpha value is -0.950. The standard InChI is InChI=1S/C14H24N2O4S/c1-9(2)12-16(11(8-21-12)13(17)18)14(19)15-7-10-3-5-20-6-4-10/h9-12H,3-8H2,1-2H3,(H,15,19)(H,17,18). The highest BCUT2D eigenvalue weighted by Gasteiger charge is 2.42. The topological polar surface area (TPSA) is 78.9 Å². The Morgan fingerprint density at radius 3 is 2.62 bits per heavy atom. The van der Waals surface area contributed by atoms with Crippen molar-refractivity contribution in [1.82, 2.24) is 10.2 Å². The zero-order chi connectivity index (χ0) is 15.4. The monoisotopic (exact) mass is 316 g/mol. The number of thioether (sulfide) groups is 1. The van der Waals surface area contributed by atoms with E-state index < -0.39 is 12.0 Å². The summed E-state index contributed by atoms with van der Waals surface area (Å²) in [6, 6.07) is -0.977. The van der Waals surface area contributed by atoms with E-state index in [0.717, 1.165) is 26.1 Å². The van der Waals surface area contributed by atoms with E-state index >= 15 is 0 Å². The van der Waals surface area contributed by atoms with Crippen LogP contribution in [0.4, 0.5) is 4.79 Å². The van der Waals surface area contributed by atoms with Crippen LogP contribution in [0.1, 0.15) is 26.7 Å². The average Bonchev–Trinajstić information content (AvgIpc) is 2.91. The predicted octanol–water partition coefficient (Wildman–Crippen LogP) is 1.61. The van der Waals surface area contributed by atoms with E-state index in [1.54, 1.807) is 11.8 Å². The molecule has 2 unspecified atom stereocenters. The summed E-state index contributed by atoms with van der Waals surface area (Å²) < 4.78 is 5.30. The van der Waals surface area contributed by atoms with E-state index in [2.05, 4.69) is 5.32 Å². The molecule has 2 aliphatic rings. The molecule has 0 bridgehead atoms. The van der Waals surface area contributed by atoms with Crippen LogP contribution in [-0.4, -0.2) is 58.9 Å². The fourth-order valence-corrected chi connectivity index (χ4v) is 4.23. The summed E-state index contributed by atoms with van der Waals surface area (Å²) in [5.74, 6) is 0.196. The van der Waals surface area contributed by atoms with Gasteiger partial charge < -0.3 is 15.2 Å². The fourth-order valence-electron chi connectivity index (χ4n) is 2.76. The Balaban J connectivity index is 1.94. The first-order valence-corrected chi connectivity index (χ1v) is 8.54. The van der Waals surface area contributed by atoms with Crippen molar-refractivity contribution in [2.24, 2.45) is 11.8 Å². The second-order valence-corrected chi connectivity index (χ2v) is 7.12. The van der Waals surface area contributed by atoms with Crippen molar-refractivity contribution in [1.29, 1.82) is 0 Å². The second-order valence-electron chi connectivity index (χ2n) is 5.97. The number of nitrogens with zero attached hydrogens (tertiary/aromatic N) is 1. The van der Waals surface area contributed by atoms with Gasteiger partial charge in [0.2, 0.25) is 0 Å². The van der Waals surface area contributed by atoms with Crippen molar-refractivity contribution < 1.29 is 19.4 Å². The van der Waals surface area contributed by atoms with E-state index in [1.807, 2.05) is 13.8 Å². The largest absolute Gasteiger partial charge is 0.480 e. The summed E-state index contributed by atoms with van der Waals surface area (Å²) in [4.78, 5) is 25.3. The van der Waals surface area contributed by atoms with Crippen LogP contribution in [0.5, 0.6) is 0 Å². The van der Waals surface area contributed by atoms with Crippen molar-refractivity contribution in [3.63, 3.8) is 0 Å². The van der Waals surface area contributed by atoms with Gasteiger partial charge in [-0.1, -0.05) is 13.8 Å². The van der Waals surface area contributed by atoms with Crippen LogP contribution in [0.25, 0.3) is 0 Å². The molecule has 2 aliphatic heterocycles. The van der Waals surface area contributed by atoms with E-state index in [0.29, 0.717) is 18.2 Å². The van der Waals surface area contributed by atoms with Crippen LogP contribution in [0.2, 0.25) is 0 Å². The first kappa shape index (κ1) is 16.4. The van der Waals surface area contributed by atoms with Crippen molar-refractivity contribution in [2.45, 2.75) is 38.1 Å². The molecule has 2 heterocycles. The number of hydrogen-bond donors (Lipinski definition) is 2. The highest BCUT2D eigenvalue weighted by atomic mass is 32.2. The molecule has 2 N–H and O–H groups in total. The van der Waals surface area contributed by atoms with Gasteiger partial charge in [0.1, 0.15) is 6.04 Å². The summed E-state index contributed by atoms with van der Waals surface area (Å²) in [6.45, 7) is 6.11. The van der Waals surface area contributed by atoms with Gasteiger partial charge in [0.05, 0.1) is 5.37 Å². The summed E-state index contributed by atoms with van der Waals surface area (Å²) >= 11 is 1.55. The number of aliphatic carboxylic acids is 1. The molecule has 7 heteroatoms. The number of carboxylic acids is 1. The molecule has 0 aromatic carbocycles. The number of urea groups is 1. The maximum atomic E-state index is 12.4. The van der Waals surface area contributed by atoms with Crippen molar-refractivity contribution in [3.05, 3.63) is 0 Å². The number of nitrogens with one attached hydrogen (secondary N) is 1. The fraction of sp³-hybridized carbons (Fsp3) is 0.857. The van der Waals surface area contributed by atoms with Gasteiger partial charge in [0.25, 0.3) is 0 Å². The number of ether oxygens (including phenoxy) is 1. The third-order valence-corrected chi connectivity index (χ3v) is 5.63. The normalized spacial score (nSPS) is 27.1. The first-order valence-electron chi connectivity index (χ1n) is 7.49. The van der Waals surface area contributed by atoms with E-state index in [-0.39, 0.29) is 17.3 Å². The summed E-state index contributed by atoms with van der Waals surface area (Å²) in [5, 5.41) is 12.1. The SMILES string of the molecule is CC(C)C1SCC(C(=O)O)N1C(=O)NCC1CCOCC1. The van der Waals surface area contributed by atoms with Crippen LogP contribution < -0.4 is 5.32 Å². The lowest BCUT2D eigenvalue weighted by molar-refractivity contribution is -0.141. The van der Waals surface area contributed by atoms with Crippen molar-refractivity contribution in [3.8, 4) is 0 Å². The van der Waals surface area contributed by atoms with Crippen molar-refractivity contribution in [2.75, 3.05) is 25.5 Å². The minimum absolute atomic E-state index is 0.0687. The molecule has 0 radical (unpaired) electrons. The van der Waals surface area contributed by atoms with Gasteiger partial charge in [-0.25, -0.2) is 9.59 Å². The molecule has 0 saturated carbocycles. The van der Waals surface area contributed by atoms with Crippen LogP contribution in [-0.2, 0) is 9.53 Å². The highest BCUT2D eigenvalue weighted by Crippen LogP contribution is 2.34. The Morgan fingerprint density at radius 1 is 1.38 bits per heavy atom. The molecule has 2 atom stereocenters. The lowest BCUT2D eigenvalue weighted by Gasteiger charge is -2.31. The molecule has 21 heavy (non-hydrogen) atoms. The Bertz CT molecular complexity index is 385. The Labute approximate surface area is 129 Å². The molecular formula is C14H24N2O4S. The van der Waals surface area contributed by atoms with Gasteiger partial charge in [0, 0.05) is 25.5 Å². The molecule has 120 valence electrons. The first-order chi connectivity index (χ1) is 10.0. The smallest absolute Gasteiger partial charge is 0.327 e. The maximum absolute atomic E-state index is 12.4. The Kier molecular flexibility index (Phi) is 5.75. The Morgan fingerprint density at radius 2 is 2.05 bits per heavy atom. The predicted molar refractivity (Wildman–Crippen MR) is 81.3 cm³/mol. The third kappa shape index (κ3) is 4.03. The zero-order valence-corrected chi connectivity index (χ0v) is 13.4. The number of carbonyl (C=O) groups excluding carboxylic acids is 1. The molecule has 0 aromatic rings. The molecule has 2 rings (SSSR count). The molecule has 0 spiro atoms. The number of amides is 2. The molecule has 0 aliphatic carbocycles. The molecule has 2 amide bonds. The van der Waals surface area contributed by atoms with Gasteiger partial charge in [-0.15, -0.1) is 11.8 Å². The minimum atomic E-state index is -0.924. The summed E-state index contributed by atoms with van der Waals surface area (Å²) in [5.41, 5.74) is 0. The van der Waals surface area contributed by atoms with Gasteiger partial charge in [-0.05, 0) is 24.7 Å². The van der Waals surface area contributed by atoms with E-state index in [9.17, 15) is 14.7 Å². The van der Waals surface area contributed by atoms with Crippen LogP contribution in [0, 0.1) is 11.8 Å². The van der Waals surface area contributed by atoms with Gasteiger partial charge >= 0.3 is 12.0 Å². The molecule has 6 nitrogen and oxygen atoms in total.